The van der Waals surface area contributed by atoms with Crippen molar-refractivity contribution in [3.63, 3.8) is 0 Å². The van der Waals surface area contributed by atoms with Gasteiger partial charge in [-0.2, -0.15) is 0 Å². The van der Waals surface area contributed by atoms with Crippen LogP contribution in [-0.4, -0.2) is 38.9 Å². The molecule has 4 aromatic rings. The van der Waals surface area contributed by atoms with E-state index in [-0.39, 0.29) is 54.5 Å². The Labute approximate surface area is 284 Å². The van der Waals surface area contributed by atoms with Crippen LogP contribution in [-0.2, 0) is 11.3 Å². The van der Waals surface area contributed by atoms with Crippen LogP contribution in [0.25, 0.3) is 33.2 Å². The Hall–Kier alpha value is -4.04. The monoisotopic (exact) mass is 617 g/mol. The molecule has 0 aliphatic heterocycles. The van der Waals surface area contributed by atoms with Crippen molar-refractivity contribution in [2.45, 2.75) is 51.5 Å². The minimum absolute atomic E-state index is 0. The Bertz CT molecular complexity index is 1680. The van der Waals surface area contributed by atoms with Crippen molar-refractivity contribution in [2.75, 3.05) is 0 Å². The predicted molar refractivity (Wildman–Crippen MR) is 165 cm³/mol. The van der Waals surface area contributed by atoms with Gasteiger partial charge in [0.1, 0.15) is 11.5 Å². The fourth-order valence-corrected chi connectivity index (χ4v) is 5.12. The summed E-state index contributed by atoms with van der Waals surface area (Å²) < 4.78 is 15.9. The van der Waals surface area contributed by atoms with Crippen molar-refractivity contribution in [1.29, 1.82) is 0 Å². The van der Waals surface area contributed by atoms with Gasteiger partial charge in [0.05, 0.1) is 18.8 Å². The van der Waals surface area contributed by atoms with Gasteiger partial charge in [0.25, 0.3) is 5.91 Å². The van der Waals surface area contributed by atoms with Crippen LogP contribution in [0.2, 0.25) is 0 Å². The van der Waals surface area contributed by atoms with Crippen LogP contribution in [0.1, 0.15) is 54.5 Å². The summed E-state index contributed by atoms with van der Waals surface area (Å²) >= 11 is 0. The van der Waals surface area contributed by atoms with E-state index < -0.39 is 30.4 Å². The van der Waals surface area contributed by atoms with Gasteiger partial charge in [-0.3, -0.25) is 4.79 Å². The molecule has 1 aromatic heterocycles. The minimum atomic E-state index is -1.42. The topological polar surface area (TPSA) is 119 Å². The van der Waals surface area contributed by atoms with Crippen LogP contribution in [0.5, 0.6) is 0 Å². The largest absolute Gasteiger partial charge is 1.00 e. The molecule has 0 spiro atoms. The molecule has 0 radical (unpaired) electrons. The maximum absolute atomic E-state index is 14.1. The van der Waals surface area contributed by atoms with Gasteiger partial charge in [0, 0.05) is 48.2 Å². The molecular formula is C35H33FN3NaO5. The van der Waals surface area contributed by atoms with Crippen molar-refractivity contribution in [3.8, 4) is 22.3 Å². The first kappa shape index (κ1) is 35.4. The second-order valence-corrected chi connectivity index (χ2v) is 10.7. The summed E-state index contributed by atoms with van der Waals surface area (Å²) in [6.45, 7) is 11.2. The second kappa shape index (κ2) is 16.3. The summed E-state index contributed by atoms with van der Waals surface area (Å²) in [5, 5.41) is 34.6. The number of carboxylic acids is 1. The zero-order chi connectivity index (χ0) is 31.8. The van der Waals surface area contributed by atoms with Crippen LogP contribution in [0.4, 0.5) is 10.1 Å². The summed E-state index contributed by atoms with van der Waals surface area (Å²) in [5.41, 5.74) is 4.85. The predicted octanol–water partition coefficient (Wildman–Crippen LogP) is 2.29. The quantitative estimate of drug-likeness (QED) is 0.167. The van der Waals surface area contributed by atoms with Crippen LogP contribution < -0.4 is 40.0 Å². The second-order valence-electron chi connectivity index (χ2n) is 10.7. The molecule has 226 valence electrons. The van der Waals surface area contributed by atoms with Gasteiger partial charge >= 0.3 is 29.6 Å². The molecule has 0 unspecified atom stereocenters. The van der Waals surface area contributed by atoms with Crippen molar-refractivity contribution in [3.05, 3.63) is 119 Å². The van der Waals surface area contributed by atoms with Crippen LogP contribution in [0.15, 0.2) is 84.9 Å². The normalized spacial score (nSPS) is 12.4. The molecule has 1 heterocycles. The Morgan fingerprint density at radius 3 is 2.18 bits per heavy atom. The smallest absolute Gasteiger partial charge is 0.550 e. The molecule has 0 saturated heterocycles. The number of carboxylic acid groups (broad SMARTS) is 1. The fraction of sp³-hybridized carbons (Fsp3) is 0.229. The van der Waals surface area contributed by atoms with E-state index in [1.807, 2.05) is 48.7 Å². The zero-order valence-corrected chi connectivity index (χ0v) is 27.4. The molecule has 2 atom stereocenters. The molecule has 8 nitrogen and oxygen atoms in total. The number of hydrogen-bond donors (Lipinski definition) is 3. The van der Waals surface area contributed by atoms with E-state index in [2.05, 4.69) is 10.2 Å². The first-order valence-electron chi connectivity index (χ1n) is 14.2. The van der Waals surface area contributed by atoms with Gasteiger partial charge in [-0.25, -0.2) is 9.24 Å². The number of aliphatic hydroxyl groups excluding tert-OH is 2. The fourth-order valence-electron chi connectivity index (χ4n) is 5.12. The number of halogens is 1. The average Bonchev–Trinajstić information content (AvgIpc) is 3.35. The number of benzene rings is 3. The van der Waals surface area contributed by atoms with E-state index in [1.165, 1.54) is 18.2 Å². The molecule has 10 heteroatoms. The summed E-state index contributed by atoms with van der Waals surface area (Å²) in [6.07, 6.45) is -0.271. The standard InChI is InChI=1S/C35H34FN3O5.Na/c1-22(2)39-30(18-17-28(40)19-29(41)20-31(42)43)32(25-11-13-26(36)14-12-25)33(24-7-5-4-6-8-24)34(39)35(44)38-21-23-9-15-27(37-3)16-10-23;/h4-18,22,28-29,40-41H,19-21H2,1-2H3,(H,38,44)(H,42,43);/q;+1/p-1/b18-17+;/t28-,29-;/m1./s1. The first-order chi connectivity index (χ1) is 21.1. The van der Waals surface area contributed by atoms with Gasteiger partial charge in [-0.1, -0.05) is 72.8 Å². The van der Waals surface area contributed by atoms with Crippen molar-refractivity contribution < 1.29 is 58.9 Å². The number of hydrogen-bond acceptors (Lipinski definition) is 5. The molecule has 0 saturated carbocycles. The van der Waals surface area contributed by atoms with E-state index in [9.17, 15) is 29.3 Å². The third-order valence-electron chi connectivity index (χ3n) is 7.08. The van der Waals surface area contributed by atoms with E-state index in [1.54, 1.807) is 42.5 Å². The summed E-state index contributed by atoms with van der Waals surface area (Å²) in [5.74, 6) is -2.21. The zero-order valence-electron chi connectivity index (χ0n) is 25.4. The first-order valence-corrected chi connectivity index (χ1v) is 14.2. The molecule has 0 aliphatic rings. The number of carbonyl (C=O) groups is 2. The van der Waals surface area contributed by atoms with E-state index in [0.29, 0.717) is 33.8 Å². The van der Waals surface area contributed by atoms with Crippen molar-refractivity contribution in [2.24, 2.45) is 0 Å². The number of nitrogens with one attached hydrogen (secondary N) is 1. The Kier molecular flexibility index (Phi) is 12.9. The summed E-state index contributed by atoms with van der Waals surface area (Å²) in [4.78, 5) is 28.4. The number of aromatic nitrogens is 1. The van der Waals surface area contributed by atoms with E-state index >= 15 is 0 Å². The minimum Gasteiger partial charge on any atom is -0.550 e. The number of amides is 1. The number of carbonyl (C=O) groups excluding carboxylic acids is 2. The maximum atomic E-state index is 14.1. The number of nitrogens with zero attached hydrogens (tertiary/aromatic N) is 2. The molecule has 45 heavy (non-hydrogen) atoms. The third kappa shape index (κ3) is 9.01. The molecular weight excluding hydrogens is 584 g/mol. The SMILES string of the molecule is [C-]#[N+]c1ccc(CNC(=O)c2c(-c3ccccc3)c(-c3ccc(F)cc3)c(/C=C/[C@@H](O)C[C@@H](O)CC(=O)[O-])n2C(C)C)cc1.[Na+]. The van der Waals surface area contributed by atoms with Crippen LogP contribution >= 0.6 is 0 Å². The van der Waals surface area contributed by atoms with Gasteiger partial charge in [-0.05, 0) is 48.7 Å². The number of aliphatic hydroxyl groups is 2. The van der Waals surface area contributed by atoms with Gasteiger partial charge < -0.3 is 30.0 Å². The van der Waals surface area contributed by atoms with E-state index in [0.717, 1.165) is 11.1 Å². The van der Waals surface area contributed by atoms with Gasteiger partial charge in [0.15, 0.2) is 5.69 Å². The third-order valence-corrected chi connectivity index (χ3v) is 7.08. The van der Waals surface area contributed by atoms with Crippen LogP contribution in [0.3, 0.4) is 0 Å². The molecule has 0 bridgehead atoms. The number of rotatable bonds is 12. The Balaban J connectivity index is 0.00000552. The molecule has 4 rings (SSSR count). The Morgan fingerprint density at radius 2 is 1.60 bits per heavy atom. The van der Waals surface area contributed by atoms with Crippen molar-refractivity contribution in [1.82, 2.24) is 9.88 Å². The molecule has 1 amide bonds. The van der Waals surface area contributed by atoms with E-state index in [4.69, 9.17) is 6.57 Å². The molecule has 0 aliphatic carbocycles. The Morgan fingerprint density at radius 1 is 0.978 bits per heavy atom. The number of aliphatic carboxylic acids is 1. The maximum Gasteiger partial charge on any atom is 1.00 e. The molecule has 0 fully saturated rings. The molecule has 3 N–H and O–H groups in total. The summed E-state index contributed by atoms with van der Waals surface area (Å²) in [6, 6.07) is 21.9. The van der Waals surface area contributed by atoms with Crippen LogP contribution in [0, 0.1) is 12.4 Å². The average molecular weight is 618 g/mol. The summed E-state index contributed by atoms with van der Waals surface area (Å²) in [7, 11) is 0. The van der Waals surface area contributed by atoms with Gasteiger partial charge in [0.2, 0.25) is 0 Å². The van der Waals surface area contributed by atoms with Gasteiger partial charge in [-0.15, -0.1) is 0 Å². The van der Waals surface area contributed by atoms with Crippen molar-refractivity contribution >= 4 is 23.6 Å². The molecule has 3 aromatic carbocycles.